The summed E-state index contributed by atoms with van der Waals surface area (Å²) < 4.78 is 0. The van der Waals surface area contributed by atoms with Gasteiger partial charge >= 0.3 is 0 Å². The highest BCUT2D eigenvalue weighted by molar-refractivity contribution is 7.98. The van der Waals surface area contributed by atoms with Crippen molar-refractivity contribution >= 4 is 11.8 Å². The van der Waals surface area contributed by atoms with Gasteiger partial charge < -0.3 is 5.73 Å². The first-order valence-electron chi connectivity index (χ1n) is 4.97. The molecule has 1 aromatic carbocycles. The molecule has 0 fully saturated rings. The number of thioether (sulfide) groups is 1. The average molecular weight is 209 g/mol. The van der Waals surface area contributed by atoms with Gasteiger partial charge in [-0.1, -0.05) is 18.2 Å². The van der Waals surface area contributed by atoms with E-state index in [2.05, 4.69) is 38.3 Å². The number of rotatable bonds is 4. The smallest absolute Gasteiger partial charge is 0.0305 e. The van der Waals surface area contributed by atoms with Crippen LogP contribution in [0, 0.1) is 13.8 Å². The van der Waals surface area contributed by atoms with Gasteiger partial charge in [-0.05, 0) is 49.0 Å². The summed E-state index contributed by atoms with van der Waals surface area (Å²) in [6.45, 7) is 4.30. The van der Waals surface area contributed by atoms with Crippen LogP contribution in [0.3, 0.4) is 0 Å². The largest absolute Gasteiger partial charge is 0.324 e. The first-order valence-corrected chi connectivity index (χ1v) is 6.37. The second-order valence-corrected chi connectivity index (χ2v) is 4.66. The van der Waals surface area contributed by atoms with E-state index >= 15 is 0 Å². The fraction of sp³-hybridized carbons (Fsp3) is 0.500. The van der Waals surface area contributed by atoms with E-state index in [4.69, 9.17) is 5.73 Å². The third-order valence-corrected chi connectivity index (χ3v) is 3.32. The predicted molar refractivity (Wildman–Crippen MR) is 65.8 cm³/mol. The summed E-state index contributed by atoms with van der Waals surface area (Å²) in [5, 5.41) is 0. The molecule has 1 rings (SSSR count). The highest BCUT2D eigenvalue weighted by Crippen LogP contribution is 2.21. The number of hydrogen-bond acceptors (Lipinski definition) is 2. The average Bonchev–Trinajstić information content (AvgIpc) is 2.18. The molecule has 0 aliphatic rings. The maximum Gasteiger partial charge on any atom is 0.0305 e. The van der Waals surface area contributed by atoms with Crippen molar-refractivity contribution in [2.24, 2.45) is 5.73 Å². The highest BCUT2D eigenvalue weighted by atomic mass is 32.2. The minimum atomic E-state index is 0.197. The fourth-order valence-corrected chi connectivity index (χ4v) is 2.07. The Hall–Kier alpha value is -0.470. The van der Waals surface area contributed by atoms with E-state index in [1.165, 1.54) is 16.7 Å². The molecule has 0 spiro atoms. The van der Waals surface area contributed by atoms with E-state index in [9.17, 15) is 0 Å². The third kappa shape index (κ3) is 2.76. The molecule has 1 nitrogen and oxygen atoms in total. The van der Waals surface area contributed by atoms with E-state index in [0.29, 0.717) is 0 Å². The van der Waals surface area contributed by atoms with E-state index in [1.54, 1.807) is 0 Å². The van der Waals surface area contributed by atoms with Crippen LogP contribution in [-0.4, -0.2) is 12.0 Å². The van der Waals surface area contributed by atoms with Crippen LogP contribution in [0.5, 0.6) is 0 Å². The highest BCUT2D eigenvalue weighted by Gasteiger charge is 2.08. The Morgan fingerprint density at radius 1 is 1.36 bits per heavy atom. The maximum atomic E-state index is 6.14. The van der Waals surface area contributed by atoms with Crippen molar-refractivity contribution in [3.05, 3.63) is 34.9 Å². The molecule has 0 aliphatic heterocycles. The predicted octanol–water partition coefficient (Wildman–Crippen LogP) is 3.06. The zero-order valence-corrected chi connectivity index (χ0v) is 10.0. The van der Waals surface area contributed by atoms with Gasteiger partial charge in [0, 0.05) is 6.04 Å². The molecule has 1 unspecified atom stereocenters. The summed E-state index contributed by atoms with van der Waals surface area (Å²) in [4.78, 5) is 0. The minimum Gasteiger partial charge on any atom is -0.324 e. The summed E-state index contributed by atoms with van der Waals surface area (Å²) in [5.74, 6) is 1.13. The van der Waals surface area contributed by atoms with Gasteiger partial charge in [-0.25, -0.2) is 0 Å². The Balaban J connectivity index is 2.79. The van der Waals surface area contributed by atoms with Gasteiger partial charge in [0.05, 0.1) is 0 Å². The van der Waals surface area contributed by atoms with E-state index in [0.717, 1.165) is 12.2 Å². The first kappa shape index (κ1) is 11.6. The molecule has 0 saturated carbocycles. The molecule has 2 N–H and O–H groups in total. The molecular weight excluding hydrogens is 190 g/mol. The maximum absolute atomic E-state index is 6.14. The van der Waals surface area contributed by atoms with Gasteiger partial charge in [0.1, 0.15) is 0 Å². The number of hydrogen-bond donors (Lipinski definition) is 1. The summed E-state index contributed by atoms with van der Waals surface area (Å²) >= 11 is 1.85. The van der Waals surface area contributed by atoms with Crippen molar-refractivity contribution in [3.63, 3.8) is 0 Å². The van der Waals surface area contributed by atoms with Crippen LogP contribution in [0.25, 0.3) is 0 Å². The van der Waals surface area contributed by atoms with Gasteiger partial charge in [0.15, 0.2) is 0 Å². The van der Waals surface area contributed by atoms with Crippen LogP contribution in [0.15, 0.2) is 18.2 Å². The summed E-state index contributed by atoms with van der Waals surface area (Å²) in [7, 11) is 0. The normalized spacial score (nSPS) is 12.9. The molecule has 0 heterocycles. The summed E-state index contributed by atoms with van der Waals surface area (Å²) in [6, 6.07) is 6.58. The molecule has 0 aromatic heterocycles. The molecule has 0 aliphatic carbocycles. The fourth-order valence-electron chi connectivity index (χ4n) is 1.58. The Bertz CT molecular complexity index is 296. The van der Waals surface area contributed by atoms with Crippen LogP contribution in [0.1, 0.15) is 29.2 Å². The van der Waals surface area contributed by atoms with Gasteiger partial charge in [-0.2, -0.15) is 11.8 Å². The monoisotopic (exact) mass is 209 g/mol. The Morgan fingerprint density at radius 3 is 2.71 bits per heavy atom. The van der Waals surface area contributed by atoms with Crippen molar-refractivity contribution in [2.45, 2.75) is 26.3 Å². The van der Waals surface area contributed by atoms with E-state index < -0.39 is 0 Å². The SMILES string of the molecule is CSCCC(N)c1cccc(C)c1C. The molecule has 14 heavy (non-hydrogen) atoms. The second kappa shape index (κ2) is 5.42. The number of benzene rings is 1. The van der Waals surface area contributed by atoms with E-state index in [1.807, 2.05) is 11.8 Å². The van der Waals surface area contributed by atoms with Crippen LogP contribution < -0.4 is 5.73 Å². The van der Waals surface area contributed by atoms with Crippen LogP contribution in [0.2, 0.25) is 0 Å². The minimum absolute atomic E-state index is 0.197. The van der Waals surface area contributed by atoms with Crippen LogP contribution in [0.4, 0.5) is 0 Å². The lowest BCUT2D eigenvalue weighted by molar-refractivity contribution is 0.700. The quantitative estimate of drug-likeness (QED) is 0.825. The zero-order chi connectivity index (χ0) is 10.6. The summed E-state index contributed by atoms with van der Waals surface area (Å²) in [6.07, 6.45) is 3.18. The Morgan fingerprint density at radius 2 is 2.07 bits per heavy atom. The molecule has 0 radical (unpaired) electrons. The molecule has 0 amide bonds. The van der Waals surface area contributed by atoms with Crippen molar-refractivity contribution in [3.8, 4) is 0 Å². The molecule has 2 heteroatoms. The van der Waals surface area contributed by atoms with E-state index in [-0.39, 0.29) is 6.04 Å². The lowest BCUT2D eigenvalue weighted by Crippen LogP contribution is -2.13. The topological polar surface area (TPSA) is 26.0 Å². The van der Waals surface area contributed by atoms with Gasteiger partial charge in [0.2, 0.25) is 0 Å². The van der Waals surface area contributed by atoms with Crippen LogP contribution in [-0.2, 0) is 0 Å². The molecular formula is C12H19NS. The Kier molecular flexibility index (Phi) is 4.49. The molecule has 0 saturated heterocycles. The van der Waals surface area contributed by atoms with Crippen molar-refractivity contribution in [1.29, 1.82) is 0 Å². The van der Waals surface area contributed by atoms with Crippen molar-refractivity contribution in [1.82, 2.24) is 0 Å². The Labute approximate surface area is 91.1 Å². The van der Waals surface area contributed by atoms with Crippen molar-refractivity contribution < 1.29 is 0 Å². The third-order valence-electron chi connectivity index (χ3n) is 2.68. The lowest BCUT2D eigenvalue weighted by Gasteiger charge is -2.15. The summed E-state index contributed by atoms with van der Waals surface area (Å²) in [5.41, 5.74) is 10.1. The molecule has 1 aromatic rings. The number of nitrogens with two attached hydrogens (primary N) is 1. The van der Waals surface area contributed by atoms with Crippen LogP contribution >= 0.6 is 11.8 Å². The standard InChI is InChI=1S/C12H19NS/c1-9-5-4-6-11(10(9)2)12(13)7-8-14-3/h4-6,12H,7-8,13H2,1-3H3. The van der Waals surface area contributed by atoms with Gasteiger partial charge in [0.25, 0.3) is 0 Å². The van der Waals surface area contributed by atoms with Gasteiger partial charge in [-0.3, -0.25) is 0 Å². The zero-order valence-electron chi connectivity index (χ0n) is 9.21. The molecule has 78 valence electrons. The number of aryl methyl sites for hydroxylation is 1. The lowest BCUT2D eigenvalue weighted by atomic mass is 9.97. The van der Waals surface area contributed by atoms with Crippen molar-refractivity contribution in [2.75, 3.05) is 12.0 Å². The molecule has 0 bridgehead atoms. The van der Waals surface area contributed by atoms with Gasteiger partial charge in [-0.15, -0.1) is 0 Å². The second-order valence-electron chi connectivity index (χ2n) is 3.68. The first-order chi connectivity index (χ1) is 6.66. The molecule has 1 atom stereocenters.